The molecule has 0 spiro atoms. The predicted octanol–water partition coefficient (Wildman–Crippen LogP) is -0.448. The molecular weight excluding hydrogens is 124 g/mol. The second-order valence-corrected chi connectivity index (χ2v) is 2.00. The molecule has 0 heterocycles. The lowest BCUT2D eigenvalue weighted by atomic mass is 10.7. The highest BCUT2D eigenvalue weighted by molar-refractivity contribution is 5.62. The highest BCUT2D eigenvalue weighted by atomic mass is 16.5. The third kappa shape index (κ3) is 11.1. The fourth-order valence-electron chi connectivity index (χ4n) is 0.112. The molecule has 1 saturated carbocycles. The average Bonchev–Trinajstić information content (AvgIpc) is 2.16. The topological polar surface area (TPSA) is 77.8 Å². The maximum Gasteiger partial charge on any atom is 0.300 e. The van der Waals surface area contributed by atoms with Crippen molar-refractivity contribution in [2.75, 3.05) is 0 Å². The van der Waals surface area contributed by atoms with Gasteiger partial charge in [0.2, 0.25) is 0 Å². The van der Waals surface area contributed by atoms with E-state index in [1.807, 2.05) is 0 Å². The Morgan fingerprint density at radius 3 is 1.56 bits per heavy atom. The van der Waals surface area contributed by atoms with E-state index in [9.17, 15) is 0 Å². The number of rotatable bonds is 0. The molecule has 0 saturated heterocycles. The Hall–Kier alpha value is -0.610. The molecule has 0 atom stereocenters. The van der Waals surface area contributed by atoms with Gasteiger partial charge in [-0.2, -0.15) is 0 Å². The van der Waals surface area contributed by atoms with E-state index in [4.69, 9.17) is 20.1 Å². The maximum absolute atomic E-state index is 9.00. The van der Waals surface area contributed by atoms with Crippen LogP contribution in [0.25, 0.3) is 0 Å². The molecule has 0 radical (unpaired) electrons. The van der Waals surface area contributed by atoms with Gasteiger partial charge >= 0.3 is 0 Å². The van der Waals surface area contributed by atoms with Crippen molar-refractivity contribution in [2.24, 2.45) is 0 Å². The molecule has 54 valence electrons. The van der Waals surface area contributed by atoms with Crippen LogP contribution in [0.4, 0.5) is 0 Å². The Morgan fingerprint density at radius 2 is 1.56 bits per heavy atom. The van der Waals surface area contributed by atoms with Crippen LogP contribution in [0.15, 0.2) is 0 Å². The highest BCUT2D eigenvalue weighted by Gasteiger charge is 2.37. The fraction of sp³-hybridized carbons (Fsp3) is 0.800. The fourth-order valence-corrected chi connectivity index (χ4v) is 0.112. The summed E-state index contributed by atoms with van der Waals surface area (Å²) in [6.45, 7) is 1.08. The van der Waals surface area contributed by atoms with E-state index in [0.29, 0.717) is 12.8 Å². The summed E-state index contributed by atoms with van der Waals surface area (Å²) in [5, 5.41) is 23.8. The number of aliphatic carboxylic acids is 1. The molecule has 0 aromatic rings. The van der Waals surface area contributed by atoms with Gasteiger partial charge in [-0.25, -0.2) is 0 Å². The van der Waals surface area contributed by atoms with E-state index in [1.54, 1.807) is 0 Å². The van der Waals surface area contributed by atoms with Gasteiger partial charge in [0.15, 0.2) is 5.79 Å². The number of aliphatic hydroxyl groups is 2. The molecule has 1 aliphatic carbocycles. The van der Waals surface area contributed by atoms with Gasteiger partial charge in [-0.3, -0.25) is 4.79 Å². The Bertz CT molecular complexity index is 97.5. The molecule has 0 bridgehead atoms. The van der Waals surface area contributed by atoms with Crippen LogP contribution in [0.5, 0.6) is 0 Å². The molecule has 4 heteroatoms. The van der Waals surface area contributed by atoms with Crippen molar-refractivity contribution in [1.29, 1.82) is 0 Å². The van der Waals surface area contributed by atoms with Crippen molar-refractivity contribution in [1.82, 2.24) is 0 Å². The molecule has 0 aromatic carbocycles. The summed E-state index contributed by atoms with van der Waals surface area (Å²) in [7, 11) is 0. The Morgan fingerprint density at radius 1 is 1.44 bits per heavy atom. The molecular formula is C5H10O4. The van der Waals surface area contributed by atoms with Gasteiger partial charge in [0, 0.05) is 19.8 Å². The zero-order chi connectivity index (χ0) is 7.49. The molecule has 1 aliphatic rings. The van der Waals surface area contributed by atoms with E-state index < -0.39 is 11.8 Å². The molecule has 0 aromatic heterocycles. The molecule has 0 unspecified atom stereocenters. The normalized spacial score (nSPS) is 19.4. The first-order valence-corrected chi connectivity index (χ1v) is 2.58. The van der Waals surface area contributed by atoms with Gasteiger partial charge < -0.3 is 15.3 Å². The number of hydrogen-bond donors (Lipinski definition) is 3. The minimum Gasteiger partial charge on any atom is -0.481 e. The zero-order valence-corrected chi connectivity index (χ0v) is 5.16. The Balaban J connectivity index is 0.000000148. The third-order valence-electron chi connectivity index (χ3n) is 0.697. The number of hydrogen-bond acceptors (Lipinski definition) is 3. The van der Waals surface area contributed by atoms with E-state index in [0.717, 1.165) is 6.92 Å². The summed E-state index contributed by atoms with van der Waals surface area (Å²) in [5.74, 6) is -2.08. The monoisotopic (exact) mass is 134 g/mol. The van der Waals surface area contributed by atoms with E-state index in [-0.39, 0.29) is 0 Å². The van der Waals surface area contributed by atoms with Crippen molar-refractivity contribution >= 4 is 5.97 Å². The quantitative estimate of drug-likeness (QED) is 0.392. The first-order chi connectivity index (χ1) is 3.94. The molecule has 9 heavy (non-hydrogen) atoms. The summed E-state index contributed by atoms with van der Waals surface area (Å²) in [6, 6.07) is 0. The van der Waals surface area contributed by atoms with Crippen molar-refractivity contribution < 1.29 is 20.1 Å². The second kappa shape index (κ2) is 2.80. The van der Waals surface area contributed by atoms with Crippen molar-refractivity contribution in [3.63, 3.8) is 0 Å². The molecule has 4 nitrogen and oxygen atoms in total. The second-order valence-electron chi connectivity index (χ2n) is 2.00. The number of carboxylic acid groups (broad SMARTS) is 1. The maximum atomic E-state index is 9.00. The van der Waals surface area contributed by atoms with Gasteiger partial charge in [0.25, 0.3) is 5.97 Å². The van der Waals surface area contributed by atoms with Crippen LogP contribution in [0.1, 0.15) is 19.8 Å². The molecule has 1 fully saturated rings. The van der Waals surface area contributed by atoms with Crippen molar-refractivity contribution in [3.05, 3.63) is 0 Å². The van der Waals surface area contributed by atoms with Crippen LogP contribution in [-0.4, -0.2) is 27.1 Å². The largest absolute Gasteiger partial charge is 0.481 e. The van der Waals surface area contributed by atoms with Gasteiger partial charge in [0.1, 0.15) is 0 Å². The SMILES string of the molecule is CC(=O)O.OC1(O)CC1. The van der Waals surface area contributed by atoms with Crippen LogP contribution in [0, 0.1) is 0 Å². The lowest BCUT2D eigenvalue weighted by Crippen LogP contribution is -2.00. The highest BCUT2D eigenvalue weighted by Crippen LogP contribution is 2.30. The Kier molecular flexibility index (Phi) is 2.61. The minimum atomic E-state index is -1.25. The number of carboxylic acids is 1. The third-order valence-corrected chi connectivity index (χ3v) is 0.697. The Labute approximate surface area is 52.7 Å². The molecule has 0 aliphatic heterocycles. The van der Waals surface area contributed by atoms with Gasteiger partial charge in [0.05, 0.1) is 0 Å². The standard InChI is InChI=1S/C3H6O2.C2H4O2/c4-3(5)1-2-3;1-2(3)4/h4-5H,1-2H2;1H3,(H,3,4). The lowest BCUT2D eigenvalue weighted by Gasteiger charge is -1.87. The van der Waals surface area contributed by atoms with Crippen LogP contribution < -0.4 is 0 Å². The van der Waals surface area contributed by atoms with Gasteiger partial charge in [-0.15, -0.1) is 0 Å². The van der Waals surface area contributed by atoms with E-state index in [2.05, 4.69) is 0 Å². The summed E-state index contributed by atoms with van der Waals surface area (Å²) >= 11 is 0. The van der Waals surface area contributed by atoms with Gasteiger partial charge in [-0.05, 0) is 0 Å². The zero-order valence-electron chi connectivity index (χ0n) is 5.16. The lowest BCUT2D eigenvalue weighted by molar-refractivity contribution is -0.134. The smallest absolute Gasteiger partial charge is 0.300 e. The van der Waals surface area contributed by atoms with Crippen molar-refractivity contribution in [2.45, 2.75) is 25.6 Å². The first-order valence-electron chi connectivity index (χ1n) is 2.58. The summed E-state index contributed by atoms with van der Waals surface area (Å²) in [6.07, 6.45) is 1.12. The molecule has 3 N–H and O–H groups in total. The predicted molar refractivity (Wildman–Crippen MR) is 29.7 cm³/mol. The van der Waals surface area contributed by atoms with Gasteiger partial charge in [-0.1, -0.05) is 0 Å². The van der Waals surface area contributed by atoms with Crippen LogP contribution in [-0.2, 0) is 4.79 Å². The van der Waals surface area contributed by atoms with E-state index >= 15 is 0 Å². The summed E-state index contributed by atoms with van der Waals surface area (Å²) in [4.78, 5) is 9.00. The van der Waals surface area contributed by atoms with Crippen LogP contribution in [0.3, 0.4) is 0 Å². The average molecular weight is 134 g/mol. The minimum absolute atomic E-state index is 0.562. The van der Waals surface area contributed by atoms with Crippen molar-refractivity contribution in [3.8, 4) is 0 Å². The molecule has 0 amide bonds. The first kappa shape index (κ1) is 8.39. The van der Waals surface area contributed by atoms with Crippen LogP contribution in [0.2, 0.25) is 0 Å². The molecule has 1 rings (SSSR count). The number of carbonyl (C=O) groups is 1. The summed E-state index contributed by atoms with van der Waals surface area (Å²) in [5.41, 5.74) is 0. The van der Waals surface area contributed by atoms with E-state index in [1.165, 1.54) is 0 Å². The summed E-state index contributed by atoms with van der Waals surface area (Å²) < 4.78 is 0. The van der Waals surface area contributed by atoms with Crippen LogP contribution >= 0.6 is 0 Å².